The van der Waals surface area contributed by atoms with Crippen molar-refractivity contribution < 1.29 is 4.42 Å². The molecule has 6 aromatic carbocycles. The highest BCUT2D eigenvalue weighted by molar-refractivity contribution is 6.97. The van der Waals surface area contributed by atoms with Gasteiger partial charge in [-0.2, -0.15) is 0 Å². The SMILES string of the molecule is Cc1cccc(C)c1B(c1c(C)cccc1C)c1c(C)cc(-c2ccc(-c3ccc4c(c3)=NC3Cc5oc6ccccc6c5C=C3N=4)cc2)cc1C. The summed E-state index contributed by atoms with van der Waals surface area (Å²) in [5.74, 6) is 0.994. The van der Waals surface area contributed by atoms with Gasteiger partial charge in [0.05, 0.1) is 22.5 Å². The number of fused-ring (bicyclic) bond motifs is 5. The molecule has 0 bridgehead atoms. The first-order chi connectivity index (χ1) is 25.2. The van der Waals surface area contributed by atoms with Gasteiger partial charge >= 0.3 is 0 Å². The van der Waals surface area contributed by atoms with Crippen molar-refractivity contribution in [2.75, 3.05) is 0 Å². The van der Waals surface area contributed by atoms with Crippen molar-refractivity contribution in [1.82, 2.24) is 0 Å². The number of para-hydroxylation sites is 1. The van der Waals surface area contributed by atoms with Gasteiger partial charge in [-0.05, 0) is 88.1 Å². The van der Waals surface area contributed by atoms with Gasteiger partial charge in [-0.15, -0.1) is 0 Å². The fourth-order valence-electron chi connectivity index (χ4n) is 8.83. The molecule has 1 atom stereocenters. The van der Waals surface area contributed by atoms with Gasteiger partial charge < -0.3 is 4.42 Å². The standard InChI is InChI=1S/C48H41BN2O/c1-28-11-9-12-29(2)46(28)49(47-30(3)13-10-14-31(47)4)48-32(5)23-37(24-33(48)6)35-19-17-34(18-20-35)36-21-22-40-41(25-36)51-43-27-45-39(26-42(43)50-40)38-15-7-8-16-44(38)52-45/h7-26,43H,27H2,1-6H3. The lowest BCUT2D eigenvalue weighted by atomic mass is 9.33. The number of benzene rings is 6. The summed E-state index contributed by atoms with van der Waals surface area (Å²) >= 11 is 0. The first kappa shape index (κ1) is 32.2. The average molecular weight is 673 g/mol. The van der Waals surface area contributed by atoms with E-state index in [0.717, 1.165) is 50.7 Å². The molecule has 0 fully saturated rings. The minimum atomic E-state index is -0.0309. The molecule has 1 aliphatic carbocycles. The molecule has 0 N–H and O–H groups in total. The van der Waals surface area contributed by atoms with Gasteiger partial charge in [0, 0.05) is 17.4 Å². The van der Waals surface area contributed by atoms with Gasteiger partial charge in [0.1, 0.15) is 11.3 Å². The van der Waals surface area contributed by atoms with E-state index in [1.807, 2.05) is 12.1 Å². The molecular weight excluding hydrogens is 631 g/mol. The van der Waals surface area contributed by atoms with E-state index in [2.05, 4.69) is 151 Å². The Kier molecular flexibility index (Phi) is 7.73. The lowest BCUT2D eigenvalue weighted by molar-refractivity contribution is 0.519. The van der Waals surface area contributed by atoms with Crippen LogP contribution in [0.2, 0.25) is 0 Å². The van der Waals surface area contributed by atoms with Gasteiger partial charge in [0.2, 0.25) is 6.71 Å². The lowest BCUT2D eigenvalue weighted by Gasteiger charge is -2.27. The van der Waals surface area contributed by atoms with E-state index in [1.54, 1.807) is 0 Å². The van der Waals surface area contributed by atoms with E-state index >= 15 is 0 Å². The van der Waals surface area contributed by atoms with E-state index in [9.17, 15) is 0 Å². The maximum absolute atomic E-state index is 6.21. The Hall–Kier alpha value is -5.74. The van der Waals surface area contributed by atoms with Gasteiger partial charge in [-0.3, -0.25) is 4.99 Å². The molecule has 52 heavy (non-hydrogen) atoms. The Morgan fingerprint density at radius 1 is 0.538 bits per heavy atom. The van der Waals surface area contributed by atoms with Crippen molar-refractivity contribution in [3.8, 4) is 22.3 Å². The van der Waals surface area contributed by atoms with Gasteiger partial charge in [0.25, 0.3) is 0 Å². The number of aryl methyl sites for hydroxylation is 6. The summed E-state index contributed by atoms with van der Waals surface area (Å²) in [5.41, 5.74) is 20.1. The zero-order valence-electron chi connectivity index (χ0n) is 30.7. The fourth-order valence-corrected chi connectivity index (χ4v) is 8.83. The number of rotatable bonds is 5. The van der Waals surface area contributed by atoms with Gasteiger partial charge in [-0.1, -0.05) is 147 Å². The van der Waals surface area contributed by atoms with Crippen molar-refractivity contribution >= 4 is 40.1 Å². The second-order valence-electron chi connectivity index (χ2n) is 14.8. The predicted octanol–water partition coefficient (Wildman–Crippen LogP) is 8.35. The van der Waals surface area contributed by atoms with Crippen molar-refractivity contribution in [3.63, 3.8) is 0 Å². The fraction of sp³-hybridized carbons (Fsp3) is 0.167. The normalized spacial score (nSPS) is 14.5. The molecule has 2 aliphatic rings. The summed E-state index contributed by atoms with van der Waals surface area (Å²) in [5, 5.41) is 3.00. The van der Waals surface area contributed by atoms with E-state index in [1.165, 1.54) is 66.5 Å². The molecule has 1 unspecified atom stereocenters. The quantitative estimate of drug-likeness (QED) is 0.170. The van der Waals surface area contributed by atoms with Crippen molar-refractivity contribution in [2.24, 2.45) is 9.98 Å². The third kappa shape index (κ3) is 5.37. The van der Waals surface area contributed by atoms with E-state index in [4.69, 9.17) is 14.4 Å². The molecule has 4 heteroatoms. The summed E-state index contributed by atoms with van der Waals surface area (Å²) in [6, 6.07) is 41.8. The van der Waals surface area contributed by atoms with Crippen LogP contribution < -0.4 is 27.1 Å². The second-order valence-corrected chi connectivity index (χ2v) is 14.8. The van der Waals surface area contributed by atoms with Crippen LogP contribution >= 0.6 is 0 Å². The number of hydrogen-bond acceptors (Lipinski definition) is 3. The third-order valence-electron chi connectivity index (χ3n) is 11.3. The Balaban J connectivity index is 1.05. The summed E-state index contributed by atoms with van der Waals surface area (Å²) < 4.78 is 6.21. The molecule has 0 saturated carbocycles. The van der Waals surface area contributed by atoms with Crippen LogP contribution in [0, 0.1) is 41.5 Å². The molecule has 1 aliphatic heterocycles. The highest BCUT2D eigenvalue weighted by atomic mass is 16.3. The van der Waals surface area contributed by atoms with Crippen molar-refractivity contribution in [3.05, 3.63) is 176 Å². The van der Waals surface area contributed by atoms with Crippen LogP contribution in [0.25, 0.3) is 39.3 Å². The molecule has 0 radical (unpaired) electrons. The molecule has 0 spiro atoms. The average Bonchev–Trinajstić information content (AvgIpc) is 3.49. The number of furan rings is 1. The van der Waals surface area contributed by atoms with E-state index < -0.39 is 0 Å². The minimum Gasteiger partial charge on any atom is -0.460 e. The maximum atomic E-state index is 6.21. The van der Waals surface area contributed by atoms with Crippen LogP contribution in [0.5, 0.6) is 0 Å². The maximum Gasteiger partial charge on any atom is 0.243 e. The summed E-state index contributed by atoms with van der Waals surface area (Å²) in [6.07, 6.45) is 2.89. The van der Waals surface area contributed by atoms with Crippen LogP contribution in [-0.4, -0.2) is 12.8 Å². The number of hydrogen-bond donors (Lipinski definition) is 0. The van der Waals surface area contributed by atoms with Crippen LogP contribution in [0.1, 0.15) is 44.7 Å². The summed E-state index contributed by atoms with van der Waals surface area (Å²) in [4.78, 5) is 10.2. The molecule has 1 aromatic heterocycles. The van der Waals surface area contributed by atoms with Crippen LogP contribution in [-0.2, 0) is 6.42 Å². The Morgan fingerprint density at radius 3 is 1.73 bits per heavy atom. The van der Waals surface area contributed by atoms with Crippen molar-refractivity contribution in [2.45, 2.75) is 54.0 Å². The first-order valence-electron chi connectivity index (χ1n) is 18.4. The first-order valence-corrected chi connectivity index (χ1v) is 18.4. The third-order valence-corrected chi connectivity index (χ3v) is 11.3. The zero-order chi connectivity index (χ0) is 35.7. The molecule has 0 amide bonds. The molecule has 0 saturated heterocycles. The predicted molar refractivity (Wildman–Crippen MR) is 217 cm³/mol. The monoisotopic (exact) mass is 672 g/mol. The number of nitrogens with zero attached hydrogens (tertiary/aromatic N) is 2. The molecule has 2 heterocycles. The van der Waals surface area contributed by atoms with Crippen LogP contribution in [0.15, 0.2) is 135 Å². The molecule has 9 rings (SSSR count). The topological polar surface area (TPSA) is 37.9 Å². The molecule has 7 aromatic rings. The van der Waals surface area contributed by atoms with Crippen LogP contribution in [0.4, 0.5) is 0 Å². The molecule has 3 nitrogen and oxygen atoms in total. The van der Waals surface area contributed by atoms with Gasteiger partial charge in [-0.25, -0.2) is 4.99 Å². The highest BCUT2D eigenvalue weighted by Gasteiger charge is 2.31. The largest absolute Gasteiger partial charge is 0.460 e. The Bertz CT molecular complexity index is 2620. The molecule has 252 valence electrons. The lowest BCUT2D eigenvalue weighted by Crippen LogP contribution is -2.57. The zero-order valence-corrected chi connectivity index (χ0v) is 30.7. The van der Waals surface area contributed by atoms with Crippen molar-refractivity contribution in [1.29, 1.82) is 0 Å². The molecular formula is C48H41BN2O. The Labute approximate surface area is 306 Å². The Morgan fingerprint density at radius 2 is 1.10 bits per heavy atom. The minimum absolute atomic E-state index is 0.0309. The summed E-state index contributed by atoms with van der Waals surface area (Å²) in [6.45, 7) is 13.8. The van der Waals surface area contributed by atoms with E-state index in [-0.39, 0.29) is 12.8 Å². The highest BCUT2D eigenvalue weighted by Crippen LogP contribution is 2.35. The smallest absolute Gasteiger partial charge is 0.243 e. The van der Waals surface area contributed by atoms with Crippen LogP contribution in [0.3, 0.4) is 0 Å². The van der Waals surface area contributed by atoms with E-state index in [0.29, 0.717) is 0 Å². The summed E-state index contributed by atoms with van der Waals surface area (Å²) in [7, 11) is 0. The van der Waals surface area contributed by atoms with Gasteiger partial charge in [0.15, 0.2) is 0 Å². The second kappa shape index (κ2) is 12.5.